The van der Waals surface area contributed by atoms with Crippen LogP contribution < -0.4 is 0 Å². The molecule has 2 fully saturated rings. The van der Waals surface area contributed by atoms with Crippen LogP contribution in [0, 0.1) is 0 Å². The van der Waals surface area contributed by atoms with E-state index in [0.29, 0.717) is 19.6 Å². The number of pyridine rings is 1. The molecule has 7 heteroatoms. The molecule has 2 amide bonds. The lowest BCUT2D eigenvalue weighted by molar-refractivity contribution is -0.160. The molecule has 1 atom stereocenters. The molecule has 1 unspecified atom stereocenters. The highest BCUT2D eigenvalue weighted by Crippen LogP contribution is 2.23. The molecule has 2 aromatic heterocycles. The Kier molecular flexibility index (Phi) is 4.75. The summed E-state index contributed by atoms with van der Waals surface area (Å²) in [5.74, 6) is 0.0901. The van der Waals surface area contributed by atoms with Gasteiger partial charge in [0, 0.05) is 63.7 Å². The maximum absolute atomic E-state index is 13.2. The van der Waals surface area contributed by atoms with Gasteiger partial charge in [0.15, 0.2) is 0 Å². The number of carbonyl (C=O) groups is 2. The molecule has 30 heavy (non-hydrogen) atoms. The van der Waals surface area contributed by atoms with Crippen LogP contribution in [0.2, 0.25) is 0 Å². The van der Waals surface area contributed by atoms with Crippen molar-refractivity contribution in [1.82, 2.24) is 24.3 Å². The molecule has 2 aliphatic rings. The van der Waals surface area contributed by atoms with Crippen molar-refractivity contribution < 1.29 is 9.59 Å². The van der Waals surface area contributed by atoms with Gasteiger partial charge in [-0.25, -0.2) is 0 Å². The van der Waals surface area contributed by atoms with Gasteiger partial charge in [0.05, 0.1) is 5.52 Å². The normalized spacial score (nSPS) is 20.1. The summed E-state index contributed by atoms with van der Waals surface area (Å²) < 4.78 is 1.96. The molecule has 2 aliphatic heterocycles. The lowest BCUT2D eigenvalue weighted by Gasteiger charge is -2.46. The second kappa shape index (κ2) is 7.57. The van der Waals surface area contributed by atoms with Crippen molar-refractivity contribution in [2.45, 2.75) is 19.1 Å². The molecule has 0 radical (unpaired) electrons. The molecule has 5 rings (SSSR count). The first-order valence-corrected chi connectivity index (χ1v) is 10.3. The molecule has 0 N–H and O–H groups in total. The molecule has 0 aliphatic carbocycles. The molecule has 154 valence electrons. The van der Waals surface area contributed by atoms with Crippen LogP contribution in [0.1, 0.15) is 11.1 Å². The molecule has 7 nitrogen and oxygen atoms in total. The third-order valence-corrected chi connectivity index (χ3v) is 6.10. The summed E-state index contributed by atoms with van der Waals surface area (Å²) in [7, 11) is 1.95. The van der Waals surface area contributed by atoms with E-state index in [1.54, 1.807) is 16.0 Å². The smallest absolute Gasteiger partial charge is 0.247 e. The van der Waals surface area contributed by atoms with Gasteiger partial charge >= 0.3 is 0 Å². The van der Waals surface area contributed by atoms with Crippen molar-refractivity contribution in [2.24, 2.45) is 7.05 Å². The third kappa shape index (κ3) is 3.45. The summed E-state index contributed by atoms with van der Waals surface area (Å²) in [6.45, 7) is 3.31. The van der Waals surface area contributed by atoms with Crippen molar-refractivity contribution >= 4 is 22.7 Å². The van der Waals surface area contributed by atoms with Crippen LogP contribution in [-0.4, -0.2) is 68.3 Å². The summed E-state index contributed by atoms with van der Waals surface area (Å²) in [5.41, 5.74) is 3.22. The summed E-state index contributed by atoms with van der Waals surface area (Å²) in [4.78, 5) is 36.1. The molecular formula is C23H25N5O2. The fourth-order valence-electron chi connectivity index (χ4n) is 4.59. The van der Waals surface area contributed by atoms with Gasteiger partial charge in [0.25, 0.3) is 0 Å². The van der Waals surface area contributed by atoms with E-state index in [2.05, 4.69) is 22.0 Å². The van der Waals surface area contributed by atoms with E-state index in [1.165, 1.54) is 5.56 Å². The largest absolute Gasteiger partial charge is 0.357 e. The van der Waals surface area contributed by atoms with E-state index in [-0.39, 0.29) is 18.4 Å². The van der Waals surface area contributed by atoms with Crippen LogP contribution in [0.4, 0.5) is 0 Å². The fraction of sp³-hybridized carbons (Fsp3) is 0.348. The van der Waals surface area contributed by atoms with E-state index in [0.717, 1.165) is 29.6 Å². The predicted molar refractivity (Wildman–Crippen MR) is 113 cm³/mol. The number of fused-ring (bicyclic) bond motifs is 2. The van der Waals surface area contributed by atoms with E-state index in [1.807, 2.05) is 48.3 Å². The first-order chi connectivity index (χ1) is 14.6. The van der Waals surface area contributed by atoms with E-state index in [9.17, 15) is 9.59 Å². The Morgan fingerprint density at radius 1 is 1.07 bits per heavy atom. The number of carbonyl (C=O) groups excluding carboxylic acids is 2. The van der Waals surface area contributed by atoms with Crippen molar-refractivity contribution in [3.05, 3.63) is 66.1 Å². The van der Waals surface area contributed by atoms with Crippen LogP contribution in [0.5, 0.6) is 0 Å². The van der Waals surface area contributed by atoms with Gasteiger partial charge in [-0.05, 0) is 29.3 Å². The molecule has 2 saturated heterocycles. The zero-order chi connectivity index (χ0) is 20.7. The standard InChI is InChI=1S/C23H25N5O2/c1-25-9-7-17(12-25)13-27-16-22(29)28-11-10-26(15-21(28)23(27)30)14-18-4-2-6-20-19(18)5-3-8-24-20/h2-9,12,21H,10-11,13-16H2,1H3. The number of piperazine rings is 2. The van der Waals surface area contributed by atoms with Gasteiger partial charge < -0.3 is 14.4 Å². The van der Waals surface area contributed by atoms with Crippen molar-refractivity contribution in [3.63, 3.8) is 0 Å². The Morgan fingerprint density at radius 3 is 2.80 bits per heavy atom. The maximum atomic E-state index is 13.2. The van der Waals surface area contributed by atoms with Crippen molar-refractivity contribution in [2.75, 3.05) is 26.2 Å². The van der Waals surface area contributed by atoms with Crippen LogP contribution in [0.25, 0.3) is 10.9 Å². The first kappa shape index (κ1) is 18.8. The van der Waals surface area contributed by atoms with E-state index in [4.69, 9.17) is 0 Å². The minimum atomic E-state index is -0.406. The lowest BCUT2D eigenvalue weighted by Crippen LogP contribution is -2.66. The minimum absolute atomic E-state index is 0.0442. The summed E-state index contributed by atoms with van der Waals surface area (Å²) in [6, 6.07) is 11.8. The molecule has 1 aromatic carbocycles. The highest BCUT2D eigenvalue weighted by atomic mass is 16.2. The Hall–Kier alpha value is -3.19. The van der Waals surface area contributed by atoms with Gasteiger partial charge in [-0.2, -0.15) is 0 Å². The van der Waals surface area contributed by atoms with Gasteiger partial charge in [-0.1, -0.05) is 18.2 Å². The predicted octanol–water partition coefficient (Wildman–Crippen LogP) is 1.63. The number of nitrogens with zero attached hydrogens (tertiary/aromatic N) is 5. The van der Waals surface area contributed by atoms with E-state index >= 15 is 0 Å². The summed E-state index contributed by atoms with van der Waals surface area (Å²) >= 11 is 0. The molecule has 0 saturated carbocycles. The van der Waals surface area contributed by atoms with Gasteiger partial charge in [-0.3, -0.25) is 19.5 Å². The van der Waals surface area contributed by atoms with Crippen LogP contribution in [0.15, 0.2) is 55.0 Å². The topological polar surface area (TPSA) is 61.7 Å². The number of rotatable bonds is 4. The summed E-state index contributed by atoms with van der Waals surface area (Å²) in [5, 5.41) is 1.14. The number of aryl methyl sites for hydroxylation is 1. The third-order valence-electron chi connectivity index (χ3n) is 6.10. The minimum Gasteiger partial charge on any atom is -0.357 e. The first-order valence-electron chi connectivity index (χ1n) is 10.3. The molecule has 4 heterocycles. The SMILES string of the molecule is Cn1ccc(CN2CC(=O)N3CCN(Cc4cccc5ncccc45)CC3C2=O)c1. The van der Waals surface area contributed by atoms with Gasteiger partial charge in [0.2, 0.25) is 11.8 Å². The van der Waals surface area contributed by atoms with Crippen LogP contribution in [0.3, 0.4) is 0 Å². The molecule has 0 bridgehead atoms. The average molecular weight is 403 g/mol. The van der Waals surface area contributed by atoms with Gasteiger partial charge in [-0.15, -0.1) is 0 Å². The Labute approximate surface area is 175 Å². The Morgan fingerprint density at radius 2 is 1.97 bits per heavy atom. The monoisotopic (exact) mass is 403 g/mol. The molecule has 3 aromatic rings. The fourth-order valence-corrected chi connectivity index (χ4v) is 4.59. The van der Waals surface area contributed by atoms with Crippen LogP contribution >= 0.6 is 0 Å². The second-order valence-electron chi connectivity index (χ2n) is 8.20. The maximum Gasteiger partial charge on any atom is 0.247 e. The Balaban J connectivity index is 1.33. The van der Waals surface area contributed by atoms with Crippen LogP contribution in [-0.2, 0) is 29.7 Å². The molecule has 0 spiro atoms. The zero-order valence-electron chi connectivity index (χ0n) is 17.1. The quantitative estimate of drug-likeness (QED) is 0.664. The molecular weight excluding hydrogens is 378 g/mol. The van der Waals surface area contributed by atoms with Gasteiger partial charge in [0.1, 0.15) is 12.6 Å². The number of hydrogen-bond donors (Lipinski definition) is 0. The average Bonchev–Trinajstić information content (AvgIpc) is 3.16. The van der Waals surface area contributed by atoms with Crippen molar-refractivity contribution in [1.29, 1.82) is 0 Å². The zero-order valence-corrected chi connectivity index (χ0v) is 17.1. The summed E-state index contributed by atoms with van der Waals surface area (Å²) in [6.07, 6.45) is 5.75. The highest BCUT2D eigenvalue weighted by Gasteiger charge is 2.42. The Bertz CT molecular complexity index is 1100. The number of benzene rings is 1. The number of amides is 2. The van der Waals surface area contributed by atoms with Crippen molar-refractivity contribution in [3.8, 4) is 0 Å². The lowest BCUT2D eigenvalue weighted by atomic mass is 10.0. The second-order valence-corrected chi connectivity index (χ2v) is 8.20. The van der Waals surface area contributed by atoms with E-state index < -0.39 is 6.04 Å². The highest BCUT2D eigenvalue weighted by molar-refractivity contribution is 5.95. The number of aromatic nitrogens is 2. The number of hydrogen-bond acceptors (Lipinski definition) is 4.